The Hall–Kier alpha value is -2.21. The van der Waals surface area contributed by atoms with E-state index in [1.807, 2.05) is 37.3 Å². The van der Waals surface area contributed by atoms with Crippen LogP contribution in [0.5, 0.6) is 17.2 Å². The topological polar surface area (TPSA) is 56.4 Å². The van der Waals surface area contributed by atoms with Gasteiger partial charge in [-0.1, -0.05) is 0 Å². The van der Waals surface area contributed by atoms with E-state index in [9.17, 15) is 0 Å². The molecule has 0 amide bonds. The number of benzene rings is 2. The van der Waals surface area contributed by atoms with E-state index < -0.39 is 0 Å². The van der Waals surface area contributed by atoms with Gasteiger partial charge in [-0.25, -0.2) is 4.98 Å². The van der Waals surface area contributed by atoms with Gasteiger partial charge in [0.2, 0.25) is 0 Å². The molecule has 0 spiro atoms. The smallest absolute Gasteiger partial charge is 0.174 e. The standard InChI is InChI=1S/C17H17BrN2O3/c1-4-23-15-8-10(7-12(18)16(15)22-3)17-19-13-6-5-11(21-2)9-14(13)20-17/h5-9H,4H2,1-3H3,(H,19,20). The summed E-state index contributed by atoms with van der Waals surface area (Å²) < 4.78 is 17.1. The van der Waals surface area contributed by atoms with E-state index in [-0.39, 0.29) is 0 Å². The van der Waals surface area contributed by atoms with Gasteiger partial charge in [0, 0.05) is 11.6 Å². The highest BCUT2D eigenvalue weighted by atomic mass is 79.9. The number of aromatic amines is 1. The van der Waals surface area contributed by atoms with Crippen LogP contribution >= 0.6 is 15.9 Å². The van der Waals surface area contributed by atoms with Crippen molar-refractivity contribution in [3.8, 4) is 28.6 Å². The van der Waals surface area contributed by atoms with E-state index in [0.717, 1.165) is 32.6 Å². The zero-order valence-corrected chi connectivity index (χ0v) is 14.7. The maximum Gasteiger partial charge on any atom is 0.174 e. The van der Waals surface area contributed by atoms with Crippen molar-refractivity contribution in [2.45, 2.75) is 6.92 Å². The molecular formula is C17H17BrN2O3. The predicted octanol–water partition coefficient (Wildman–Crippen LogP) is 4.41. The quantitative estimate of drug-likeness (QED) is 0.716. The molecular weight excluding hydrogens is 360 g/mol. The average Bonchev–Trinajstić information content (AvgIpc) is 2.97. The van der Waals surface area contributed by atoms with Crippen LogP contribution in [0.15, 0.2) is 34.8 Å². The molecule has 1 N–H and O–H groups in total. The van der Waals surface area contributed by atoms with Crippen molar-refractivity contribution in [1.82, 2.24) is 9.97 Å². The lowest BCUT2D eigenvalue weighted by Crippen LogP contribution is -1.97. The summed E-state index contributed by atoms with van der Waals surface area (Å²) >= 11 is 3.53. The molecule has 6 heteroatoms. The van der Waals surface area contributed by atoms with Crippen LogP contribution in [-0.2, 0) is 0 Å². The first-order chi connectivity index (χ1) is 11.2. The van der Waals surface area contributed by atoms with Crippen LogP contribution in [0.1, 0.15) is 6.92 Å². The Kier molecular flexibility index (Phi) is 4.43. The van der Waals surface area contributed by atoms with E-state index in [0.29, 0.717) is 18.1 Å². The number of halogens is 1. The molecule has 0 aliphatic rings. The van der Waals surface area contributed by atoms with Gasteiger partial charge < -0.3 is 19.2 Å². The lowest BCUT2D eigenvalue weighted by Gasteiger charge is -2.12. The van der Waals surface area contributed by atoms with Gasteiger partial charge in [0.05, 0.1) is 36.3 Å². The molecule has 0 fully saturated rings. The molecule has 1 heterocycles. The minimum Gasteiger partial charge on any atom is -0.497 e. The second-order valence-corrected chi connectivity index (χ2v) is 5.75. The normalized spacial score (nSPS) is 10.8. The van der Waals surface area contributed by atoms with Gasteiger partial charge in [0.1, 0.15) is 11.6 Å². The summed E-state index contributed by atoms with van der Waals surface area (Å²) in [6, 6.07) is 9.62. The van der Waals surface area contributed by atoms with Crippen molar-refractivity contribution < 1.29 is 14.2 Å². The van der Waals surface area contributed by atoms with Crippen LogP contribution in [0.2, 0.25) is 0 Å². The minimum absolute atomic E-state index is 0.559. The number of nitrogens with zero attached hydrogens (tertiary/aromatic N) is 1. The van der Waals surface area contributed by atoms with Crippen LogP contribution in [0, 0.1) is 0 Å². The highest BCUT2D eigenvalue weighted by Crippen LogP contribution is 2.39. The SMILES string of the molecule is CCOc1cc(-c2nc3ccc(OC)cc3[nH]2)cc(Br)c1OC. The van der Waals surface area contributed by atoms with E-state index in [4.69, 9.17) is 14.2 Å². The molecule has 0 atom stereocenters. The Labute approximate surface area is 142 Å². The maximum atomic E-state index is 5.66. The highest BCUT2D eigenvalue weighted by Gasteiger charge is 2.14. The van der Waals surface area contributed by atoms with Crippen molar-refractivity contribution in [2.75, 3.05) is 20.8 Å². The van der Waals surface area contributed by atoms with Crippen molar-refractivity contribution in [1.29, 1.82) is 0 Å². The summed E-state index contributed by atoms with van der Waals surface area (Å²) in [6.07, 6.45) is 0. The third-order valence-electron chi connectivity index (χ3n) is 3.48. The third-order valence-corrected chi connectivity index (χ3v) is 4.07. The van der Waals surface area contributed by atoms with Gasteiger partial charge in [-0.2, -0.15) is 0 Å². The first kappa shape index (κ1) is 15.7. The van der Waals surface area contributed by atoms with Gasteiger partial charge in [-0.3, -0.25) is 0 Å². The van der Waals surface area contributed by atoms with E-state index in [1.54, 1.807) is 14.2 Å². The van der Waals surface area contributed by atoms with Gasteiger partial charge in [0.15, 0.2) is 11.5 Å². The van der Waals surface area contributed by atoms with Gasteiger partial charge in [0.25, 0.3) is 0 Å². The fourth-order valence-electron chi connectivity index (χ4n) is 2.42. The van der Waals surface area contributed by atoms with Crippen LogP contribution in [-0.4, -0.2) is 30.8 Å². The van der Waals surface area contributed by atoms with Crippen molar-refractivity contribution >= 4 is 27.0 Å². The molecule has 0 radical (unpaired) electrons. The number of rotatable bonds is 5. The van der Waals surface area contributed by atoms with Crippen molar-refractivity contribution in [2.24, 2.45) is 0 Å². The number of nitrogens with one attached hydrogen (secondary N) is 1. The first-order valence-electron chi connectivity index (χ1n) is 7.20. The van der Waals surface area contributed by atoms with Crippen molar-refractivity contribution in [3.05, 3.63) is 34.8 Å². The second kappa shape index (κ2) is 6.50. The molecule has 120 valence electrons. The Morgan fingerprint density at radius 1 is 1.13 bits per heavy atom. The monoisotopic (exact) mass is 376 g/mol. The zero-order valence-electron chi connectivity index (χ0n) is 13.1. The average molecular weight is 377 g/mol. The Morgan fingerprint density at radius 3 is 2.65 bits per heavy atom. The maximum absolute atomic E-state index is 5.66. The number of imidazole rings is 1. The molecule has 0 aliphatic heterocycles. The molecule has 0 unspecified atom stereocenters. The number of fused-ring (bicyclic) bond motifs is 1. The zero-order chi connectivity index (χ0) is 16.4. The number of hydrogen-bond donors (Lipinski definition) is 1. The summed E-state index contributed by atoms with van der Waals surface area (Å²) in [5.74, 6) is 2.90. The molecule has 1 aromatic heterocycles. The van der Waals surface area contributed by atoms with Crippen LogP contribution in [0.3, 0.4) is 0 Å². The molecule has 5 nitrogen and oxygen atoms in total. The van der Waals surface area contributed by atoms with Gasteiger partial charge >= 0.3 is 0 Å². The number of methoxy groups -OCH3 is 2. The minimum atomic E-state index is 0.559. The highest BCUT2D eigenvalue weighted by molar-refractivity contribution is 9.10. The summed E-state index contributed by atoms with van der Waals surface area (Å²) in [6.45, 7) is 2.50. The molecule has 0 saturated carbocycles. The van der Waals surface area contributed by atoms with Crippen LogP contribution in [0.4, 0.5) is 0 Å². The van der Waals surface area contributed by atoms with Crippen molar-refractivity contribution in [3.63, 3.8) is 0 Å². The van der Waals surface area contributed by atoms with E-state index in [1.165, 1.54) is 0 Å². The summed E-state index contributed by atoms with van der Waals surface area (Å²) in [5, 5.41) is 0. The largest absolute Gasteiger partial charge is 0.497 e. The molecule has 23 heavy (non-hydrogen) atoms. The lowest BCUT2D eigenvalue weighted by molar-refractivity contribution is 0.310. The first-order valence-corrected chi connectivity index (χ1v) is 8.00. The molecule has 0 bridgehead atoms. The van der Waals surface area contributed by atoms with E-state index >= 15 is 0 Å². The number of aromatic nitrogens is 2. The Bertz CT molecular complexity index is 845. The Balaban J connectivity index is 2.10. The van der Waals surface area contributed by atoms with Crippen LogP contribution < -0.4 is 14.2 Å². The molecule has 0 aliphatic carbocycles. The molecule has 3 rings (SSSR count). The summed E-state index contributed by atoms with van der Waals surface area (Å²) in [7, 11) is 3.27. The Morgan fingerprint density at radius 2 is 1.96 bits per heavy atom. The molecule has 2 aromatic carbocycles. The fraction of sp³-hybridized carbons (Fsp3) is 0.235. The number of H-pyrrole nitrogens is 1. The van der Waals surface area contributed by atoms with E-state index in [2.05, 4.69) is 25.9 Å². The number of hydrogen-bond acceptors (Lipinski definition) is 4. The van der Waals surface area contributed by atoms with Gasteiger partial charge in [-0.15, -0.1) is 0 Å². The van der Waals surface area contributed by atoms with Crippen LogP contribution in [0.25, 0.3) is 22.4 Å². The second-order valence-electron chi connectivity index (χ2n) is 4.89. The predicted molar refractivity (Wildman–Crippen MR) is 93.5 cm³/mol. The molecule has 3 aromatic rings. The summed E-state index contributed by atoms with van der Waals surface area (Å²) in [5.41, 5.74) is 2.71. The fourth-order valence-corrected chi connectivity index (χ4v) is 3.02. The third kappa shape index (κ3) is 2.99. The molecule has 0 saturated heterocycles. The lowest BCUT2D eigenvalue weighted by atomic mass is 10.2. The number of ether oxygens (including phenoxy) is 3. The summed E-state index contributed by atoms with van der Waals surface area (Å²) in [4.78, 5) is 7.94. The van der Waals surface area contributed by atoms with Gasteiger partial charge in [-0.05, 0) is 47.1 Å².